The van der Waals surface area contributed by atoms with Gasteiger partial charge >= 0.3 is 17.9 Å². The molecule has 2 rings (SSSR count). The van der Waals surface area contributed by atoms with Gasteiger partial charge < -0.3 is 42.0 Å². The molecule has 204 valence electrons. The van der Waals surface area contributed by atoms with Gasteiger partial charge in [-0.2, -0.15) is 0 Å². The van der Waals surface area contributed by atoms with Gasteiger partial charge in [-0.05, 0) is 12.0 Å². The Morgan fingerprint density at radius 1 is 0.789 bits per heavy atom. The maximum absolute atomic E-state index is 12.8. The second kappa shape index (κ2) is 14.1. The van der Waals surface area contributed by atoms with E-state index in [-0.39, 0.29) is 12.8 Å². The minimum Gasteiger partial charge on any atom is -0.481 e. The number of aromatic nitrogens is 2. The molecule has 4 atom stereocenters. The molecule has 15 heteroatoms. The van der Waals surface area contributed by atoms with Crippen molar-refractivity contribution in [1.82, 2.24) is 25.9 Å². The number of nitrogens with zero attached hydrogens (tertiary/aromatic N) is 1. The SMILES string of the molecule is NC(Cc1ccccc1)C(=O)NC(CC(=O)O)C(=O)NC(CC(=O)O)C(=O)NC(Cc1cnc[nH]1)C(=O)O. The topological polar surface area (TPSA) is 254 Å². The number of aromatic amines is 1. The fraction of sp³-hybridized carbons (Fsp3) is 0.348. The highest BCUT2D eigenvalue weighted by molar-refractivity contribution is 5.96. The van der Waals surface area contributed by atoms with Gasteiger partial charge in [0, 0.05) is 18.3 Å². The Bertz CT molecular complexity index is 1140. The minimum absolute atomic E-state index is 0.0883. The van der Waals surface area contributed by atoms with Crippen LogP contribution < -0.4 is 21.7 Å². The highest BCUT2D eigenvalue weighted by Gasteiger charge is 2.32. The quantitative estimate of drug-likeness (QED) is 0.125. The summed E-state index contributed by atoms with van der Waals surface area (Å²) >= 11 is 0. The maximum Gasteiger partial charge on any atom is 0.326 e. The summed E-state index contributed by atoms with van der Waals surface area (Å²) in [6.07, 6.45) is 0.660. The third-order valence-electron chi connectivity index (χ3n) is 5.25. The first-order chi connectivity index (χ1) is 18.0. The largest absolute Gasteiger partial charge is 0.481 e. The molecule has 0 bridgehead atoms. The Morgan fingerprint density at radius 2 is 1.32 bits per heavy atom. The fourth-order valence-electron chi connectivity index (χ4n) is 3.37. The molecule has 15 nitrogen and oxygen atoms in total. The summed E-state index contributed by atoms with van der Waals surface area (Å²) in [5.41, 5.74) is 6.97. The van der Waals surface area contributed by atoms with Crippen LogP contribution in [0.3, 0.4) is 0 Å². The first-order valence-electron chi connectivity index (χ1n) is 11.3. The summed E-state index contributed by atoms with van der Waals surface area (Å²) < 4.78 is 0. The monoisotopic (exact) mass is 532 g/mol. The highest BCUT2D eigenvalue weighted by Crippen LogP contribution is 2.05. The molecule has 0 fully saturated rings. The number of hydrogen-bond donors (Lipinski definition) is 8. The van der Waals surface area contributed by atoms with E-state index < -0.39 is 72.6 Å². The molecule has 1 aromatic carbocycles. The number of imidazole rings is 1. The Balaban J connectivity index is 2.12. The standard InChI is InChI=1S/C23H28N6O9/c24-14(6-12-4-2-1-3-5-12)20(34)27-15(8-18(30)31)21(35)28-16(9-19(32)33)22(36)29-17(23(37)38)7-13-10-25-11-26-13/h1-5,10-11,14-17H,6-9,24H2,(H,25,26)(H,27,34)(H,28,35)(H,29,36)(H,30,31)(H,32,33)(H,37,38). The van der Waals surface area contributed by atoms with Crippen LogP contribution in [0.4, 0.5) is 0 Å². The van der Waals surface area contributed by atoms with E-state index in [0.717, 1.165) is 5.56 Å². The summed E-state index contributed by atoms with van der Waals surface area (Å²) in [7, 11) is 0. The number of rotatable bonds is 15. The molecule has 0 aliphatic rings. The van der Waals surface area contributed by atoms with Crippen LogP contribution in [0, 0.1) is 0 Å². The zero-order valence-electron chi connectivity index (χ0n) is 20.0. The molecule has 0 radical (unpaired) electrons. The predicted octanol–water partition coefficient (Wildman–Crippen LogP) is -1.99. The molecular weight excluding hydrogens is 504 g/mol. The van der Waals surface area contributed by atoms with Gasteiger partial charge in [0.2, 0.25) is 17.7 Å². The molecule has 0 saturated carbocycles. The smallest absolute Gasteiger partial charge is 0.326 e. The van der Waals surface area contributed by atoms with Gasteiger partial charge in [0.05, 0.1) is 25.2 Å². The van der Waals surface area contributed by atoms with Crippen LogP contribution in [0.15, 0.2) is 42.9 Å². The molecule has 38 heavy (non-hydrogen) atoms. The van der Waals surface area contributed by atoms with Crippen molar-refractivity contribution in [3.05, 3.63) is 54.1 Å². The van der Waals surface area contributed by atoms with E-state index in [1.54, 1.807) is 30.3 Å². The average Bonchev–Trinajstić information content (AvgIpc) is 3.35. The van der Waals surface area contributed by atoms with Crippen LogP contribution in [0.5, 0.6) is 0 Å². The Kier molecular flexibility index (Phi) is 10.9. The van der Waals surface area contributed by atoms with Crippen molar-refractivity contribution in [1.29, 1.82) is 0 Å². The van der Waals surface area contributed by atoms with Crippen LogP contribution >= 0.6 is 0 Å². The van der Waals surface area contributed by atoms with Gasteiger partial charge in [-0.3, -0.25) is 24.0 Å². The lowest BCUT2D eigenvalue weighted by molar-refractivity contribution is -0.145. The van der Waals surface area contributed by atoms with E-state index in [1.807, 2.05) is 0 Å². The normalized spacial score (nSPS) is 13.8. The first kappa shape index (κ1) is 29.4. The number of benzene rings is 1. The maximum atomic E-state index is 12.8. The number of carboxylic acid groups (broad SMARTS) is 3. The molecule has 1 heterocycles. The van der Waals surface area contributed by atoms with Crippen molar-refractivity contribution in [2.24, 2.45) is 5.73 Å². The Morgan fingerprint density at radius 3 is 1.79 bits per heavy atom. The lowest BCUT2D eigenvalue weighted by Crippen LogP contribution is -2.58. The third kappa shape index (κ3) is 9.69. The van der Waals surface area contributed by atoms with E-state index >= 15 is 0 Å². The number of H-pyrrole nitrogens is 1. The van der Waals surface area contributed by atoms with Crippen molar-refractivity contribution in [3.63, 3.8) is 0 Å². The summed E-state index contributed by atoms with van der Waals surface area (Å²) in [6, 6.07) is 2.56. The summed E-state index contributed by atoms with van der Waals surface area (Å²) in [5, 5.41) is 34.3. The summed E-state index contributed by atoms with van der Waals surface area (Å²) in [6.45, 7) is 0. The third-order valence-corrected chi connectivity index (χ3v) is 5.25. The van der Waals surface area contributed by atoms with E-state index in [1.165, 1.54) is 12.5 Å². The Hall–Kier alpha value is -4.79. The van der Waals surface area contributed by atoms with Crippen molar-refractivity contribution in [2.45, 2.75) is 49.9 Å². The number of nitrogens with two attached hydrogens (primary N) is 1. The number of hydrogen-bond acceptors (Lipinski definition) is 8. The molecule has 0 saturated heterocycles. The second-order valence-electron chi connectivity index (χ2n) is 8.29. The molecule has 9 N–H and O–H groups in total. The summed E-state index contributed by atoms with van der Waals surface area (Å²) in [5.74, 6) is -7.57. The molecule has 0 aliphatic carbocycles. The van der Waals surface area contributed by atoms with Gasteiger partial charge in [0.25, 0.3) is 0 Å². The van der Waals surface area contributed by atoms with Crippen molar-refractivity contribution in [3.8, 4) is 0 Å². The van der Waals surface area contributed by atoms with Gasteiger partial charge in [-0.1, -0.05) is 30.3 Å². The molecule has 3 amide bonds. The number of carboxylic acids is 3. The second-order valence-corrected chi connectivity index (χ2v) is 8.29. The highest BCUT2D eigenvalue weighted by atomic mass is 16.4. The number of carbonyl (C=O) groups is 6. The van der Waals surface area contributed by atoms with Gasteiger partial charge in [0.15, 0.2) is 0 Å². The van der Waals surface area contributed by atoms with Crippen LogP contribution in [0.25, 0.3) is 0 Å². The molecule has 4 unspecified atom stereocenters. The van der Waals surface area contributed by atoms with Crippen LogP contribution in [-0.2, 0) is 41.6 Å². The molecule has 2 aromatic rings. The van der Waals surface area contributed by atoms with Gasteiger partial charge in [0.1, 0.15) is 18.1 Å². The lowest BCUT2D eigenvalue weighted by atomic mass is 10.0. The zero-order valence-corrected chi connectivity index (χ0v) is 20.0. The Labute approximate surface area is 215 Å². The number of nitrogens with one attached hydrogen (secondary N) is 4. The van der Waals surface area contributed by atoms with Crippen molar-refractivity contribution >= 4 is 35.6 Å². The van der Waals surface area contributed by atoms with Crippen molar-refractivity contribution in [2.75, 3.05) is 0 Å². The molecule has 0 spiro atoms. The fourth-order valence-corrected chi connectivity index (χ4v) is 3.37. The van der Waals surface area contributed by atoms with Crippen LogP contribution in [-0.4, -0.2) is 85.1 Å². The minimum atomic E-state index is -1.78. The lowest BCUT2D eigenvalue weighted by Gasteiger charge is -2.24. The first-order valence-corrected chi connectivity index (χ1v) is 11.3. The van der Waals surface area contributed by atoms with E-state index in [4.69, 9.17) is 5.73 Å². The van der Waals surface area contributed by atoms with E-state index in [9.17, 15) is 44.1 Å². The average molecular weight is 533 g/mol. The van der Waals surface area contributed by atoms with E-state index in [2.05, 4.69) is 25.9 Å². The van der Waals surface area contributed by atoms with E-state index in [0.29, 0.717) is 5.69 Å². The molecular formula is C23H28N6O9. The van der Waals surface area contributed by atoms with Crippen molar-refractivity contribution < 1.29 is 44.1 Å². The van der Waals surface area contributed by atoms with Gasteiger partial charge in [-0.15, -0.1) is 0 Å². The number of amides is 3. The predicted molar refractivity (Wildman–Crippen MR) is 128 cm³/mol. The summed E-state index contributed by atoms with van der Waals surface area (Å²) in [4.78, 5) is 78.8. The molecule has 1 aromatic heterocycles. The number of carbonyl (C=O) groups excluding carboxylic acids is 3. The van der Waals surface area contributed by atoms with Gasteiger partial charge in [-0.25, -0.2) is 9.78 Å². The number of aliphatic carboxylic acids is 3. The zero-order chi connectivity index (χ0) is 28.2. The van der Waals surface area contributed by atoms with Crippen LogP contribution in [0.1, 0.15) is 24.1 Å². The molecule has 0 aliphatic heterocycles. The van der Waals surface area contributed by atoms with Crippen LogP contribution in [0.2, 0.25) is 0 Å².